The number of allylic oxidation sites excluding steroid dienone is 1. The molecule has 0 radical (unpaired) electrons. The smallest absolute Gasteiger partial charge is 0.343 e. The third-order valence-electron chi connectivity index (χ3n) is 2.59. The highest BCUT2D eigenvalue weighted by Crippen LogP contribution is 2.17. The summed E-state index contributed by atoms with van der Waals surface area (Å²) in [6.07, 6.45) is 1.03. The Morgan fingerprint density at radius 2 is 1.90 bits per heavy atom. The summed E-state index contributed by atoms with van der Waals surface area (Å²) >= 11 is 0. The van der Waals surface area contributed by atoms with E-state index in [1.807, 2.05) is 0 Å². The van der Waals surface area contributed by atoms with Gasteiger partial charge in [0.05, 0.1) is 6.61 Å². The Labute approximate surface area is 122 Å². The standard InChI is InChI=1S/C15H17NO5/c1-3-21-15(20)12(10(2)17)9-16-13(14(18)19)11-7-5-4-6-8-11/h4-9,13,17H,3H2,1-2H3,(H,18,19)/t13-/m1/s1. The Hall–Kier alpha value is -2.63. The molecular weight excluding hydrogens is 274 g/mol. The molecule has 21 heavy (non-hydrogen) atoms. The number of carboxylic acid groups (broad SMARTS) is 1. The van der Waals surface area contributed by atoms with Crippen LogP contribution >= 0.6 is 0 Å². The van der Waals surface area contributed by atoms with Crippen molar-refractivity contribution in [1.82, 2.24) is 0 Å². The molecule has 6 nitrogen and oxygen atoms in total. The molecule has 0 aliphatic heterocycles. The van der Waals surface area contributed by atoms with Crippen molar-refractivity contribution in [2.75, 3.05) is 6.61 Å². The number of rotatable bonds is 6. The zero-order valence-corrected chi connectivity index (χ0v) is 11.8. The molecule has 2 N–H and O–H groups in total. The summed E-state index contributed by atoms with van der Waals surface area (Å²) in [4.78, 5) is 26.8. The molecule has 0 spiro atoms. The monoisotopic (exact) mass is 291 g/mol. The van der Waals surface area contributed by atoms with Gasteiger partial charge in [-0.05, 0) is 19.4 Å². The highest BCUT2D eigenvalue weighted by Gasteiger charge is 2.19. The van der Waals surface area contributed by atoms with Gasteiger partial charge in [0.1, 0.15) is 11.3 Å². The van der Waals surface area contributed by atoms with Crippen molar-refractivity contribution in [1.29, 1.82) is 0 Å². The molecule has 0 bridgehead atoms. The topological polar surface area (TPSA) is 96.2 Å². The Kier molecular flexibility index (Phi) is 6.13. The number of hydrogen-bond acceptors (Lipinski definition) is 5. The summed E-state index contributed by atoms with van der Waals surface area (Å²) in [6, 6.07) is 7.23. The fourth-order valence-electron chi connectivity index (χ4n) is 1.58. The van der Waals surface area contributed by atoms with Gasteiger partial charge in [-0.25, -0.2) is 9.59 Å². The van der Waals surface area contributed by atoms with E-state index in [-0.39, 0.29) is 17.9 Å². The zero-order chi connectivity index (χ0) is 15.8. The second-order valence-corrected chi connectivity index (χ2v) is 4.15. The van der Waals surface area contributed by atoms with Crippen LogP contribution in [0.3, 0.4) is 0 Å². The number of carbonyl (C=O) groups excluding carboxylic acids is 1. The summed E-state index contributed by atoms with van der Waals surface area (Å²) in [5.41, 5.74) is 0.305. The first kappa shape index (κ1) is 16.4. The molecule has 1 aromatic rings. The van der Waals surface area contributed by atoms with Crippen LogP contribution in [-0.4, -0.2) is 35.0 Å². The van der Waals surface area contributed by atoms with Crippen LogP contribution in [0.25, 0.3) is 0 Å². The highest BCUT2D eigenvalue weighted by atomic mass is 16.5. The Bertz CT molecular complexity index is 559. The number of carboxylic acids is 1. The normalized spacial score (nSPS) is 13.6. The summed E-state index contributed by atoms with van der Waals surface area (Å²) in [7, 11) is 0. The number of ether oxygens (including phenoxy) is 1. The number of benzene rings is 1. The van der Waals surface area contributed by atoms with Crippen molar-refractivity contribution in [2.45, 2.75) is 19.9 Å². The Morgan fingerprint density at radius 3 is 2.38 bits per heavy atom. The van der Waals surface area contributed by atoms with E-state index in [4.69, 9.17) is 4.74 Å². The molecule has 6 heteroatoms. The maximum atomic E-state index is 11.6. The van der Waals surface area contributed by atoms with Gasteiger partial charge < -0.3 is 14.9 Å². The van der Waals surface area contributed by atoms with Crippen LogP contribution in [0.2, 0.25) is 0 Å². The fourth-order valence-corrected chi connectivity index (χ4v) is 1.58. The average Bonchev–Trinajstić information content (AvgIpc) is 2.43. The molecule has 112 valence electrons. The number of aliphatic imine (C=N–C) groups is 1. The van der Waals surface area contributed by atoms with E-state index >= 15 is 0 Å². The van der Waals surface area contributed by atoms with Crippen molar-refractivity contribution >= 4 is 18.2 Å². The fraction of sp³-hybridized carbons (Fsp3) is 0.267. The third kappa shape index (κ3) is 4.76. The minimum atomic E-state index is -1.16. The maximum Gasteiger partial charge on any atom is 0.343 e. The van der Waals surface area contributed by atoms with Crippen LogP contribution in [0.4, 0.5) is 0 Å². The van der Waals surface area contributed by atoms with Gasteiger partial charge in [-0.15, -0.1) is 0 Å². The van der Waals surface area contributed by atoms with Crippen LogP contribution in [-0.2, 0) is 14.3 Å². The lowest BCUT2D eigenvalue weighted by atomic mass is 10.1. The van der Waals surface area contributed by atoms with Gasteiger partial charge in [0.2, 0.25) is 0 Å². The van der Waals surface area contributed by atoms with Crippen molar-refractivity contribution in [3.05, 3.63) is 47.2 Å². The largest absolute Gasteiger partial charge is 0.512 e. The number of aliphatic hydroxyl groups excluding tert-OH is 1. The minimum absolute atomic E-state index is 0.143. The first-order chi connectivity index (χ1) is 9.97. The number of aliphatic carboxylic acids is 1. The zero-order valence-electron chi connectivity index (χ0n) is 11.8. The highest BCUT2D eigenvalue weighted by molar-refractivity contribution is 6.10. The SMILES string of the molecule is CCOC(=O)C(C=N[C@@H](C(=O)O)c1ccccc1)=C(C)O. The average molecular weight is 291 g/mol. The van der Waals surface area contributed by atoms with E-state index in [2.05, 4.69) is 4.99 Å². The van der Waals surface area contributed by atoms with Gasteiger partial charge in [-0.3, -0.25) is 4.99 Å². The molecular formula is C15H17NO5. The lowest BCUT2D eigenvalue weighted by Gasteiger charge is -2.08. The van der Waals surface area contributed by atoms with Crippen molar-refractivity contribution in [3.8, 4) is 0 Å². The van der Waals surface area contributed by atoms with Crippen LogP contribution in [0.15, 0.2) is 46.7 Å². The maximum absolute atomic E-state index is 11.6. The predicted molar refractivity (Wildman–Crippen MR) is 77.3 cm³/mol. The van der Waals surface area contributed by atoms with Gasteiger partial charge in [-0.1, -0.05) is 30.3 Å². The Morgan fingerprint density at radius 1 is 1.29 bits per heavy atom. The molecule has 0 saturated heterocycles. The van der Waals surface area contributed by atoms with Crippen LogP contribution in [0.5, 0.6) is 0 Å². The van der Waals surface area contributed by atoms with Gasteiger partial charge in [0.25, 0.3) is 0 Å². The molecule has 0 saturated carbocycles. The summed E-state index contributed by atoms with van der Waals surface area (Å²) in [5.74, 6) is -2.19. The summed E-state index contributed by atoms with van der Waals surface area (Å²) in [6.45, 7) is 3.07. The van der Waals surface area contributed by atoms with Crippen molar-refractivity contribution in [3.63, 3.8) is 0 Å². The van der Waals surface area contributed by atoms with Gasteiger partial charge in [-0.2, -0.15) is 0 Å². The van der Waals surface area contributed by atoms with Crippen molar-refractivity contribution in [2.24, 2.45) is 4.99 Å². The molecule has 1 atom stereocenters. The van der Waals surface area contributed by atoms with E-state index in [0.29, 0.717) is 5.56 Å². The van der Waals surface area contributed by atoms with E-state index < -0.39 is 18.0 Å². The quantitative estimate of drug-likeness (QED) is 0.363. The van der Waals surface area contributed by atoms with E-state index in [9.17, 15) is 19.8 Å². The number of carbonyl (C=O) groups is 2. The first-order valence-corrected chi connectivity index (χ1v) is 6.35. The minimum Gasteiger partial charge on any atom is -0.512 e. The molecule has 1 aromatic carbocycles. The second kappa shape index (κ2) is 7.84. The van der Waals surface area contributed by atoms with Crippen molar-refractivity contribution < 1.29 is 24.5 Å². The molecule has 0 aliphatic carbocycles. The van der Waals surface area contributed by atoms with Crippen LogP contribution in [0, 0.1) is 0 Å². The Balaban J connectivity index is 3.05. The number of esters is 1. The lowest BCUT2D eigenvalue weighted by molar-refractivity contribution is -0.139. The van der Waals surface area contributed by atoms with Gasteiger partial charge in [0.15, 0.2) is 6.04 Å². The molecule has 1 rings (SSSR count). The van der Waals surface area contributed by atoms with Crippen LogP contribution < -0.4 is 0 Å². The summed E-state index contributed by atoms with van der Waals surface area (Å²) in [5, 5.41) is 18.7. The molecule has 0 aromatic heterocycles. The van der Waals surface area contributed by atoms with E-state index in [1.54, 1.807) is 37.3 Å². The number of nitrogens with zero attached hydrogens (tertiary/aromatic N) is 1. The first-order valence-electron chi connectivity index (χ1n) is 6.35. The van der Waals surface area contributed by atoms with E-state index in [1.165, 1.54) is 6.92 Å². The molecule has 0 amide bonds. The number of aliphatic hydroxyl groups is 1. The van der Waals surface area contributed by atoms with Gasteiger partial charge in [0, 0.05) is 6.21 Å². The molecule has 0 fully saturated rings. The lowest BCUT2D eigenvalue weighted by Crippen LogP contribution is -2.14. The van der Waals surface area contributed by atoms with E-state index in [0.717, 1.165) is 6.21 Å². The molecule has 0 unspecified atom stereocenters. The second-order valence-electron chi connectivity index (χ2n) is 4.15. The summed E-state index contributed by atoms with van der Waals surface area (Å²) < 4.78 is 4.77. The number of hydrogen-bond donors (Lipinski definition) is 2. The predicted octanol–water partition coefficient (Wildman–Crippen LogP) is 2.28. The molecule has 0 aliphatic rings. The molecule has 0 heterocycles. The van der Waals surface area contributed by atoms with Crippen LogP contribution in [0.1, 0.15) is 25.5 Å². The van der Waals surface area contributed by atoms with Gasteiger partial charge >= 0.3 is 11.9 Å². The third-order valence-corrected chi connectivity index (χ3v) is 2.59.